The summed E-state index contributed by atoms with van der Waals surface area (Å²) in [4.78, 5) is 2.72. The van der Waals surface area contributed by atoms with Gasteiger partial charge in [-0.3, -0.25) is 4.90 Å². The fraction of sp³-hybridized carbons (Fsp3) is 0.684. The van der Waals surface area contributed by atoms with Crippen molar-refractivity contribution in [3.63, 3.8) is 0 Å². The van der Waals surface area contributed by atoms with Crippen LogP contribution in [0, 0.1) is 18.8 Å². The minimum Gasteiger partial charge on any atom is -0.326 e. The maximum absolute atomic E-state index is 6.55. The predicted octanol–water partition coefficient (Wildman–Crippen LogP) is 3.90. The summed E-state index contributed by atoms with van der Waals surface area (Å²) >= 11 is 0. The molecule has 2 saturated carbocycles. The van der Waals surface area contributed by atoms with Crippen molar-refractivity contribution in [1.82, 2.24) is 4.90 Å². The lowest BCUT2D eigenvalue weighted by atomic mass is 9.94. The highest BCUT2D eigenvalue weighted by molar-refractivity contribution is 5.26. The molecule has 2 nitrogen and oxygen atoms in total. The zero-order chi connectivity index (χ0) is 14.8. The van der Waals surface area contributed by atoms with E-state index in [0.717, 1.165) is 18.3 Å². The summed E-state index contributed by atoms with van der Waals surface area (Å²) < 4.78 is 0. The second kappa shape index (κ2) is 6.50. The van der Waals surface area contributed by atoms with E-state index in [0.29, 0.717) is 6.04 Å². The van der Waals surface area contributed by atoms with Crippen molar-refractivity contribution < 1.29 is 0 Å². The first-order chi connectivity index (χ1) is 10.2. The monoisotopic (exact) mass is 286 g/mol. The first kappa shape index (κ1) is 15.1. The van der Waals surface area contributed by atoms with Gasteiger partial charge in [-0.2, -0.15) is 0 Å². The van der Waals surface area contributed by atoms with E-state index in [2.05, 4.69) is 43.0 Å². The van der Waals surface area contributed by atoms with Gasteiger partial charge in [-0.05, 0) is 56.4 Å². The number of benzene rings is 1. The maximum Gasteiger partial charge on any atom is 0.0499 e. The molecule has 2 aliphatic rings. The van der Waals surface area contributed by atoms with E-state index in [1.807, 2.05) is 0 Å². The lowest BCUT2D eigenvalue weighted by Crippen LogP contribution is -2.42. The highest BCUT2D eigenvalue weighted by Crippen LogP contribution is 2.38. The third-order valence-electron chi connectivity index (χ3n) is 5.03. The lowest BCUT2D eigenvalue weighted by Gasteiger charge is -2.36. The minimum absolute atomic E-state index is 0.240. The molecule has 1 aromatic rings. The summed E-state index contributed by atoms with van der Waals surface area (Å²) in [5.41, 5.74) is 9.32. The van der Waals surface area contributed by atoms with Crippen molar-refractivity contribution in [2.24, 2.45) is 17.6 Å². The van der Waals surface area contributed by atoms with Gasteiger partial charge in [-0.25, -0.2) is 0 Å². The van der Waals surface area contributed by atoms with Gasteiger partial charge in [0.1, 0.15) is 0 Å². The Morgan fingerprint density at radius 1 is 1.14 bits per heavy atom. The largest absolute Gasteiger partial charge is 0.326 e. The molecule has 0 aliphatic heterocycles. The Morgan fingerprint density at radius 2 is 1.76 bits per heavy atom. The molecule has 0 spiro atoms. The molecule has 0 radical (unpaired) electrons. The van der Waals surface area contributed by atoms with Crippen LogP contribution in [0.25, 0.3) is 0 Å². The third kappa shape index (κ3) is 4.08. The molecule has 0 aromatic heterocycles. The minimum atomic E-state index is 0.240. The molecule has 0 amide bonds. The molecule has 116 valence electrons. The van der Waals surface area contributed by atoms with Crippen LogP contribution in [0.15, 0.2) is 24.3 Å². The summed E-state index contributed by atoms with van der Waals surface area (Å²) in [6.07, 6.45) is 6.72. The molecule has 2 heteroatoms. The Bertz CT molecular complexity index is 448. The zero-order valence-corrected chi connectivity index (χ0v) is 13.6. The fourth-order valence-electron chi connectivity index (χ4n) is 3.37. The van der Waals surface area contributed by atoms with E-state index < -0.39 is 0 Å². The van der Waals surface area contributed by atoms with Gasteiger partial charge in [0.25, 0.3) is 0 Å². The van der Waals surface area contributed by atoms with Gasteiger partial charge in [0.05, 0.1) is 0 Å². The Balaban J connectivity index is 1.83. The second-order valence-electron chi connectivity index (χ2n) is 7.27. The zero-order valence-electron chi connectivity index (χ0n) is 13.6. The number of nitrogens with zero attached hydrogens (tertiary/aromatic N) is 1. The van der Waals surface area contributed by atoms with E-state index in [1.165, 1.54) is 49.9 Å². The van der Waals surface area contributed by atoms with Gasteiger partial charge in [0.15, 0.2) is 0 Å². The van der Waals surface area contributed by atoms with E-state index in [1.54, 1.807) is 0 Å². The van der Waals surface area contributed by atoms with Crippen LogP contribution >= 0.6 is 0 Å². The first-order valence-electron chi connectivity index (χ1n) is 8.73. The van der Waals surface area contributed by atoms with Crippen molar-refractivity contribution in [3.8, 4) is 0 Å². The number of hydrogen-bond donors (Lipinski definition) is 1. The highest BCUT2D eigenvalue weighted by atomic mass is 15.2. The molecular formula is C19H30N2. The number of nitrogens with two attached hydrogens (primary N) is 1. The molecule has 2 aliphatic carbocycles. The van der Waals surface area contributed by atoms with E-state index in [-0.39, 0.29) is 6.04 Å². The van der Waals surface area contributed by atoms with Crippen LogP contribution in [0.4, 0.5) is 0 Å². The molecule has 0 saturated heterocycles. The third-order valence-corrected chi connectivity index (χ3v) is 5.03. The van der Waals surface area contributed by atoms with Crippen molar-refractivity contribution in [2.75, 3.05) is 13.1 Å². The molecular weight excluding hydrogens is 256 g/mol. The molecule has 2 unspecified atom stereocenters. The van der Waals surface area contributed by atoms with Crippen molar-refractivity contribution >= 4 is 0 Å². The molecule has 0 bridgehead atoms. The summed E-state index contributed by atoms with van der Waals surface area (Å²) in [6, 6.07) is 9.63. The van der Waals surface area contributed by atoms with Crippen molar-refractivity contribution in [3.05, 3.63) is 35.4 Å². The van der Waals surface area contributed by atoms with Gasteiger partial charge in [-0.1, -0.05) is 36.8 Å². The summed E-state index contributed by atoms with van der Waals surface area (Å²) in [6.45, 7) is 6.91. The van der Waals surface area contributed by atoms with Gasteiger partial charge < -0.3 is 5.73 Å². The van der Waals surface area contributed by atoms with Crippen LogP contribution in [0.3, 0.4) is 0 Å². The van der Waals surface area contributed by atoms with Crippen LogP contribution in [-0.2, 0) is 0 Å². The van der Waals surface area contributed by atoms with Crippen LogP contribution in [-0.4, -0.2) is 24.0 Å². The lowest BCUT2D eigenvalue weighted by molar-refractivity contribution is 0.155. The standard InChI is InChI=1S/C19H30N2/c1-3-18(20)19(17-6-4-5-14(2)11-17)21(12-15-7-8-15)13-16-9-10-16/h4-6,11,15-16,18-19H,3,7-10,12-13,20H2,1-2H3. The molecule has 1 aromatic carbocycles. The van der Waals surface area contributed by atoms with E-state index in [9.17, 15) is 0 Å². The first-order valence-corrected chi connectivity index (χ1v) is 8.73. The van der Waals surface area contributed by atoms with Crippen LogP contribution in [0.1, 0.15) is 56.2 Å². The number of hydrogen-bond acceptors (Lipinski definition) is 2. The molecule has 0 heterocycles. The van der Waals surface area contributed by atoms with Crippen molar-refractivity contribution in [2.45, 2.75) is 58.0 Å². The van der Waals surface area contributed by atoms with Gasteiger partial charge in [-0.15, -0.1) is 0 Å². The Hall–Kier alpha value is -0.860. The fourth-order valence-corrected chi connectivity index (χ4v) is 3.37. The highest BCUT2D eigenvalue weighted by Gasteiger charge is 2.35. The molecule has 2 N–H and O–H groups in total. The second-order valence-corrected chi connectivity index (χ2v) is 7.27. The van der Waals surface area contributed by atoms with Crippen LogP contribution < -0.4 is 5.73 Å². The van der Waals surface area contributed by atoms with Gasteiger partial charge in [0, 0.05) is 25.2 Å². The SMILES string of the molecule is CCC(N)C(c1cccc(C)c1)N(CC1CC1)CC1CC1. The normalized spacial score (nSPS) is 21.5. The summed E-state index contributed by atoms with van der Waals surface area (Å²) in [5.74, 6) is 1.86. The molecule has 21 heavy (non-hydrogen) atoms. The average molecular weight is 286 g/mol. The topological polar surface area (TPSA) is 29.3 Å². The number of rotatable bonds is 8. The average Bonchev–Trinajstić information content (AvgIpc) is 3.35. The molecule has 2 fully saturated rings. The Kier molecular flexibility index (Phi) is 4.66. The van der Waals surface area contributed by atoms with Gasteiger partial charge >= 0.3 is 0 Å². The maximum atomic E-state index is 6.55. The summed E-state index contributed by atoms with van der Waals surface area (Å²) in [7, 11) is 0. The van der Waals surface area contributed by atoms with E-state index >= 15 is 0 Å². The number of aryl methyl sites for hydroxylation is 1. The van der Waals surface area contributed by atoms with Crippen LogP contribution in [0.2, 0.25) is 0 Å². The van der Waals surface area contributed by atoms with Crippen molar-refractivity contribution in [1.29, 1.82) is 0 Å². The molecule has 2 atom stereocenters. The van der Waals surface area contributed by atoms with E-state index in [4.69, 9.17) is 5.73 Å². The Labute approximate surface area is 129 Å². The predicted molar refractivity (Wildman–Crippen MR) is 89.2 cm³/mol. The smallest absolute Gasteiger partial charge is 0.0499 e. The Morgan fingerprint density at radius 3 is 2.24 bits per heavy atom. The quantitative estimate of drug-likeness (QED) is 0.785. The van der Waals surface area contributed by atoms with Crippen LogP contribution in [0.5, 0.6) is 0 Å². The van der Waals surface area contributed by atoms with Gasteiger partial charge in [0.2, 0.25) is 0 Å². The molecule has 3 rings (SSSR count). The summed E-state index contributed by atoms with van der Waals surface area (Å²) in [5, 5.41) is 0.